The lowest BCUT2D eigenvalue weighted by atomic mass is 10.1. The molecule has 1 aromatic rings. The molecule has 1 aliphatic heterocycles. The number of rotatable bonds is 6. The van der Waals surface area contributed by atoms with E-state index in [1.165, 1.54) is 19.2 Å². The van der Waals surface area contributed by atoms with Crippen LogP contribution in [0.25, 0.3) is 0 Å². The van der Waals surface area contributed by atoms with Crippen LogP contribution in [0.2, 0.25) is 0 Å². The summed E-state index contributed by atoms with van der Waals surface area (Å²) in [6, 6.07) is 3.99. The van der Waals surface area contributed by atoms with Gasteiger partial charge in [-0.15, -0.1) is 0 Å². The van der Waals surface area contributed by atoms with E-state index in [-0.39, 0.29) is 12.2 Å². The van der Waals surface area contributed by atoms with Crippen LogP contribution in [0.15, 0.2) is 18.2 Å². The van der Waals surface area contributed by atoms with Crippen molar-refractivity contribution in [1.82, 2.24) is 10.6 Å². The van der Waals surface area contributed by atoms with Gasteiger partial charge in [-0.2, -0.15) is 0 Å². The van der Waals surface area contributed by atoms with Gasteiger partial charge in [-0.05, 0) is 18.1 Å². The fraction of sp³-hybridized carbons (Fsp3) is 0.429. The smallest absolute Gasteiger partial charge is 0.321 e. The number of nitrogens with one attached hydrogen (secondary N) is 2. The fourth-order valence-electron chi connectivity index (χ4n) is 2.38. The molecule has 0 spiro atoms. The van der Waals surface area contributed by atoms with Crippen LogP contribution >= 0.6 is 0 Å². The zero-order valence-corrected chi connectivity index (χ0v) is 12.7. The van der Waals surface area contributed by atoms with Gasteiger partial charge in [0.05, 0.1) is 18.1 Å². The third-order valence-corrected chi connectivity index (χ3v) is 3.44. The number of non-ortho nitro benzene ring substituents is 1. The quantitative estimate of drug-likeness (QED) is 0.446. The molecule has 2 N–H and O–H groups in total. The summed E-state index contributed by atoms with van der Waals surface area (Å²) in [6.07, 6.45) is 0.629. The first-order valence-corrected chi connectivity index (χ1v) is 7.10. The number of imide groups is 1. The molecule has 0 saturated heterocycles. The van der Waals surface area contributed by atoms with Gasteiger partial charge < -0.3 is 15.0 Å². The van der Waals surface area contributed by atoms with E-state index in [0.717, 1.165) is 11.3 Å². The van der Waals surface area contributed by atoms with Crippen molar-refractivity contribution >= 4 is 23.3 Å². The topological polar surface area (TPSA) is 114 Å². The molecule has 0 fully saturated rings. The summed E-state index contributed by atoms with van der Waals surface area (Å²) in [4.78, 5) is 35.5. The first-order chi connectivity index (χ1) is 11.0. The fourth-order valence-corrected chi connectivity index (χ4v) is 2.38. The van der Waals surface area contributed by atoms with Gasteiger partial charge in [-0.3, -0.25) is 20.2 Å². The molecule has 3 amide bonds. The molecule has 124 valence electrons. The Hall–Kier alpha value is -2.68. The number of anilines is 1. The zero-order chi connectivity index (χ0) is 16.8. The number of carbonyl (C=O) groups excluding carboxylic acids is 2. The Morgan fingerprint density at radius 1 is 1.43 bits per heavy atom. The number of benzene rings is 1. The van der Waals surface area contributed by atoms with E-state index in [1.807, 2.05) is 0 Å². The number of fused-ring (bicyclic) bond motifs is 1. The summed E-state index contributed by atoms with van der Waals surface area (Å²) >= 11 is 0. The van der Waals surface area contributed by atoms with E-state index in [9.17, 15) is 19.7 Å². The van der Waals surface area contributed by atoms with Crippen molar-refractivity contribution in [3.05, 3.63) is 33.9 Å². The predicted molar refractivity (Wildman–Crippen MR) is 82.4 cm³/mol. The number of methoxy groups -OCH3 is 1. The minimum absolute atomic E-state index is 0.0164. The monoisotopic (exact) mass is 322 g/mol. The van der Waals surface area contributed by atoms with Crippen LogP contribution in [0.5, 0.6) is 0 Å². The normalized spacial score (nSPS) is 12.7. The lowest BCUT2D eigenvalue weighted by molar-refractivity contribution is -0.384. The molecule has 2 rings (SSSR count). The maximum absolute atomic E-state index is 11.9. The van der Waals surface area contributed by atoms with Crippen molar-refractivity contribution in [1.29, 1.82) is 0 Å². The highest BCUT2D eigenvalue weighted by molar-refractivity contribution is 5.96. The number of hydrogen-bond acceptors (Lipinski definition) is 6. The zero-order valence-electron chi connectivity index (χ0n) is 12.7. The van der Waals surface area contributed by atoms with Crippen LogP contribution in [0.1, 0.15) is 5.56 Å². The first kappa shape index (κ1) is 16.7. The second-order valence-electron chi connectivity index (χ2n) is 5.04. The number of urea groups is 1. The third-order valence-electron chi connectivity index (χ3n) is 3.44. The Kier molecular flexibility index (Phi) is 5.47. The first-order valence-electron chi connectivity index (χ1n) is 7.10. The van der Waals surface area contributed by atoms with Gasteiger partial charge in [0.2, 0.25) is 5.91 Å². The van der Waals surface area contributed by atoms with Crippen molar-refractivity contribution in [2.45, 2.75) is 6.42 Å². The molecule has 1 heterocycles. The van der Waals surface area contributed by atoms with Crippen LogP contribution < -0.4 is 15.5 Å². The van der Waals surface area contributed by atoms with Gasteiger partial charge in [0.1, 0.15) is 0 Å². The van der Waals surface area contributed by atoms with Crippen LogP contribution in [-0.2, 0) is 16.0 Å². The maximum Gasteiger partial charge on any atom is 0.321 e. The van der Waals surface area contributed by atoms with Crippen LogP contribution in [0, 0.1) is 10.1 Å². The Morgan fingerprint density at radius 2 is 2.22 bits per heavy atom. The molecule has 0 bridgehead atoms. The third kappa shape index (κ3) is 4.39. The Balaban J connectivity index is 1.89. The number of amides is 3. The number of ether oxygens (including phenoxy) is 1. The molecule has 0 aromatic heterocycles. The highest BCUT2D eigenvalue weighted by Crippen LogP contribution is 2.30. The molecular formula is C14H18N4O5. The SMILES string of the molecule is COCCNC(=O)NC(=O)CN1CCc2cc([N+](=O)[O-])ccc21. The molecule has 0 unspecified atom stereocenters. The highest BCUT2D eigenvalue weighted by Gasteiger charge is 2.23. The second kappa shape index (κ2) is 7.54. The van der Waals surface area contributed by atoms with Crippen molar-refractivity contribution in [2.75, 3.05) is 38.3 Å². The van der Waals surface area contributed by atoms with E-state index >= 15 is 0 Å². The Labute approximate surface area is 132 Å². The summed E-state index contributed by atoms with van der Waals surface area (Å²) in [6.45, 7) is 1.27. The summed E-state index contributed by atoms with van der Waals surface area (Å²) in [5.74, 6) is -0.439. The lowest BCUT2D eigenvalue weighted by Gasteiger charge is -2.18. The van der Waals surface area contributed by atoms with Gasteiger partial charge in [-0.1, -0.05) is 0 Å². The largest absolute Gasteiger partial charge is 0.383 e. The van der Waals surface area contributed by atoms with Crippen molar-refractivity contribution in [3.63, 3.8) is 0 Å². The number of nitrogens with zero attached hydrogens (tertiary/aromatic N) is 2. The molecule has 0 radical (unpaired) electrons. The molecule has 23 heavy (non-hydrogen) atoms. The standard InChI is InChI=1S/C14H18N4O5/c1-23-7-5-15-14(20)16-13(19)9-17-6-4-10-8-11(18(21)22)2-3-12(10)17/h2-3,8H,4-7,9H2,1H3,(H2,15,16,19,20). The second-order valence-corrected chi connectivity index (χ2v) is 5.04. The number of nitro benzene ring substituents is 1. The van der Waals surface area contributed by atoms with Gasteiger partial charge in [0.25, 0.3) is 5.69 Å². The number of nitro groups is 1. The van der Waals surface area contributed by atoms with Crippen LogP contribution in [-0.4, -0.2) is 50.2 Å². The van der Waals surface area contributed by atoms with Crippen LogP contribution in [0.4, 0.5) is 16.2 Å². The summed E-state index contributed by atoms with van der Waals surface area (Å²) in [5.41, 5.74) is 1.65. The van der Waals surface area contributed by atoms with Gasteiger partial charge >= 0.3 is 6.03 Å². The highest BCUT2D eigenvalue weighted by atomic mass is 16.6. The van der Waals surface area contributed by atoms with E-state index in [0.29, 0.717) is 26.1 Å². The van der Waals surface area contributed by atoms with Crippen molar-refractivity contribution in [2.24, 2.45) is 0 Å². The van der Waals surface area contributed by atoms with Crippen LogP contribution in [0.3, 0.4) is 0 Å². The van der Waals surface area contributed by atoms with E-state index in [2.05, 4.69) is 10.6 Å². The average molecular weight is 322 g/mol. The average Bonchev–Trinajstić information content (AvgIpc) is 2.89. The van der Waals surface area contributed by atoms with Crippen molar-refractivity contribution < 1.29 is 19.2 Å². The molecule has 1 aromatic carbocycles. The van der Waals surface area contributed by atoms with Gasteiger partial charge in [0, 0.05) is 38.0 Å². The number of hydrogen-bond donors (Lipinski definition) is 2. The van der Waals surface area contributed by atoms with E-state index in [1.54, 1.807) is 11.0 Å². The molecule has 9 heteroatoms. The molecular weight excluding hydrogens is 304 g/mol. The lowest BCUT2D eigenvalue weighted by Crippen LogP contribution is -2.45. The van der Waals surface area contributed by atoms with Gasteiger partial charge in [-0.25, -0.2) is 4.79 Å². The summed E-state index contributed by atoms with van der Waals surface area (Å²) in [7, 11) is 1.51. The molecule has 0 aliphatic carbocycles. The Morgan fingerprint density at radius 3 is 2.91 bits per heavy atom. The van der Waals surface area contributed by atoms with E-state index < -0.39 is 16.9 Å². The molecule has 1 aliphatic rings. The van der Waals surface area contributed by atoms with Crippen molar-refractivity contribution in [3.8, 4) is 0 Å². The number of carbonyl (C=O) groups is 2. The Bertz CT molecular complexity index is 619. The summed E-state index contributed by atoms with van der Waals surface area (Å²) in [5, 5.41) is 15.5. The molecule has 0 saturated carbocycles. The summed E-state index contributed by atoms with van der Waals surface area (Å²) < 4.78 is 4.79. The molecule has 9 nitrogen and oxygen atoms in total. The maximum atomic E-state index is 11.9. The minimum Gasteiger partial charge on any atom is -0.383 e. The predicted octanol–water partition coefficient (Wildman–Crippen LogP) is 0.430. The molecule has 0 atom stereocenters. The minimum atomic E-state index is -0.574. The van der Waals surface area contributed by atoms with Gasteiger partial charge in [0.15, 0.2) is 0 Å². The van der Waals surface area contributed by atoms with E-state index in [4.69, 9.17) is 4.74 Å².